The molecule has 0 unspecified atom stereocenters. The Hall–Kier alpha value is -0.990. The topological polar surface area (TPSA) is 52.0 Å². The Balaban J connectivity index is 0.00000400. The molecule has 0 saturated heterocycles. The first kappa shape index (κ1) is 20.0. The summed E-state index contributed by atoms with van der Waals surface area (Å²) in [6, 6.07) is 0.466. The van der Waals surface area contributed by atoms with Gasteiger partial charge >= 0.3 is 12.4 Å². The van der Waals surface area contributed by atoms with Crippen molar-refractivity contribution < 1.29 is 26.3 Å². The molecule has 1 aromatic rings. The van der Waals surface area contributed by atoms with Gasteiger partial charge < -0.3 is 11.5 Å². The van der Waals surface area contributed by atoms with E-state index in [4.69, 9.17) is 11.5 Å². The van der Waals surface area contributed by atoms with Crippen LogP contribution in [0.3, 0.4) is 0 Å². The van der Waals surface area contributed by atoms with Crippen LogP contribution in [-0.4, -0.2) is 6.54 Å². The van der Waals surface area contributed by atoms with Crippen LogP contribution in [0, 0.1) is 0 Å². The van der Waals surface area contributed by atoms with Gasteiger partial charge in [0.2, 0.25) is 0 Å². The Labute approximate surface area is 123 Å². The van der Waals surface area contributed by atoms with E-state index in [9.17, 15) is 26.3 Å². The molecule has 4 N–H and O–H groups in total. The van der Waals surface area contributed by atoms with E-state index in [0.717, 1.165) is 0 Å². The average molecular weight is 337 g/mol. The maximum atomic E-state index is 12.6. The molecular formula is C12H15ClF6N2. The molecule has 0 aromatic heterocycles. The Morgan fingerprint density at radius 3 is 1.67 bits per heavy atom. The molecule has 1 aromatic carbocycles. The minimum Gasteiger partial charge on any atom is -0.330 e. The van der Waals surface area contributed by atoms with Crippen molar-refractivity contribution in [2.75, 3.05) is 6.54 Å². The van der Waals surface area contributed by atoms with Crippen LogP contribution in [0.15, 0.2) is 18.2 Å². The molecule has 0 aliphatic rings. The molecule has 9 heteroatoms. The molecule has 0 radical (unpaired) electrons. The molecule has 0 saturated carbocycles. The van der Waals surface area contributed by atoms with Crippen LogP contribution in [0.1, 0.15) is 35.6 Å². The molecule has 1 atom stereocenters. The summed E-state index contributed by atoms with van der Waals surface area (Å²) < 4.78 is 75.7. The van der Waals surface area contributed by atoms with E-state index >= 15 is 0 Å². The molecule has 122 valence electrons. The standard InChI is InChI=1S/C12H14F6N2.ClH/c13-11(14,15)8-4-7(10(20)2-1-3-19)5-9(6-8)12(16,17)18;/h4-6,10H,1-3,19-20H2;1H/t10-;/m0./s1. The quantitative estimate of drug-likeness (QED) is 0.820. The number of benzene rings is 1. The highest BCUT2D eigenvalue weighted by Crippen LogP contribution is 2.37. The summed E-state index contributed by atoms with van der Waals surface area (Å²) >= 11 is 0. The minimum absolute atomic E-state index is 0. The highest BCUT2D eigenvalue weighted by atomic mass is 35.5. The number of hydrogen-bond donors (Lipinski definition) is 2. The molecule has 0 bridgehead atoms. The average Bonchev–Trinajstić information content (AvgIpc) is 2.33. The van der Waals surface area contributed by atoms with Gasteiger partial charge in [0.05, 0.1) is 11.1 Å². The van der Waals surface area contributed by atoms with E-state index in [-0.39, 0.29) is 37.0 Å². The van der Waals surface area contributed by atoms with Crippen LogP contribution in [0.4, 0.5) is 26.3 Å². The largest absolute Gasteiger partial charge is 0.416 e. The summed E-state index contributed by atoms with van der Waals surface area (Å²) in [6.07, 6.45) is -9.08. The SMILES string of the molecule is Cl.NCCC[C@H](N)c1cc(C(F)(F)F)cc(C(F)(F)F)c1. The van der Waals surface area contributed by atoms with E-state index in [2.05, 4.69) is 0 Å². The van der Waals surface area contributed by atoms with Crippen molar-refractivity contribution in [1.29, 1.82) is 0 Å². The van der Waals surface area contributed by atoms with Gasteiger partial charge in [0, 0.05) is 6.04 Å². The van der Waals surface area contributed by atoms with Gasteiger partial charge in [-0.1, -0.05) is 0 Å². The van der Waals surface area contributed by atoms with Crippen LogP contribution in [0.5, 0.6) is 0 Å². The van der Waals surface area contributed by atoms with Crippen molar-refractivity contribution in [2.24, 2.45) is 11.5 Å². The Bertz CT molecular complexity index is 426. The zero-order valence-electron chi connectivity index (χ0n) is 10.8. The zero-order chi connectivity index (χ0) is 15.6. The number of rotatable bonds is 4. The summed E-state index contributed by atoms with van der Waals surface area (Å²) in [7, 11) is 0. The lowest BCUT2D eigenvalue weighted by molar-refractivity contribution is -0.143. The van der Waals surface area contributed by atoms with Crippen molar-refractivity contribution >= 4 is 12.4 Å². The minimum atomic E-state index is -4.86. The molecule has 21 heavy (non-hydrogen) atoms. The maximum Gasteiger partial charge on any atom is 0.416 e. The maximum absolute atomic E-state index is 12.6. The predicted octanol–water partition coefficient (Wildman–Crippen LogP) is 3.88. The van der Waals surface area contributed by atoms with Crippen LogP contribution < -0.4 is 11.5 Å². The van der Waals surface area contributed by atoms with Crippen LogP contribution in [-0.2, 0) is 12.4 Å². The summed E-state index contributed by atoms with van der Waals surface area (Å²) in [5.41, 5.74) is 7.95. The predicted molar refractivity (Wildman–Crippen MR) is 68.9 cm³/mol. The smallest absolute Gasteiger partial charge is 0.330 e. The van der Waals surface area contributed by atoms with Crippen molar-refractivity contribution in [3.8, 4) is 0 Å². The summed E-state index contributed by atoms with van der Waals surface area (Å²) in [6.45, 7) is 0.263. The van der Waals surface area contributed by atoms with Crippen molar-refractivity contribution in [1.82, 2.24) is 0 Å². The molecule has 2 nitrogen and oxygen atoms in total. The van der Waals surface area contributed by atoms with Gasteiger partial charge in [-0.25, -0.2) is 0 Å². The molecule has 0 aliphatic heterocycles. The van der Waals surface area contributed by atoms with Crippen LogP contribution in [0.2, 0.25) is 0 Å². The van der Waals surface area contributed by atoms with E-state index in [0.29, 0.717) is 18.6 Å². The number of halogens is 7. The lowest BCUT2D eigenvalue weighted by Crippen LogP contribution is -2.17. The van der Waals surface area contributed by atoms with E-state index in [1.165, 1.54) is 0 Å². The second-order valence-electron chi connectivity index (χ2n) is 4.38. The molecule has 0 fully saturated rings. The third-order valence-electron chi connectivity index (χ3n) is 2.76. The van der Waals surface area contributed by atoms with Gasteiger partial charge in [-0.2, -0.15) is 26.3 Å². The zero-order valence-corrected chi connectivity index (χ0v) is 11.6. The molecule has 0 heterocycles. The summed E-state index contributed by atoms with van der Waals surface area (Å²) in [5.74, 6) is 0. The number of hydrogen-bond acceptors (Lipinski definition) is 2. The van der Waals surface area contributed by atoms with Gasteiger partial charge in [0.25, 0.3) is 0 Å². The van der Waals surface area contributed by atoms with Crippen LogP contribution >= 0.6 is 12.4 Å². The molecule has 0 aliphatic carbocycles. The number of nitrogens with two attached hydrogens (primary N) is 2. The van der Waals surface area contributed by atoms with Gasteiger partial charge in [-0.05, 0) is 43.1 Å². The normalized spacial score (nSPS) is 13.7. The monoisotopic (exact) mass is 336 g/mol. The highest BCUT2D eigenvalue weighted by Gasteiger charge is 2.37. The molecule has 0 amide bonds. The fourth-order valence-electron chi connectivity index (χ4n) is 1.70. The third kappa shape index (κ3) is 5.72. The first-order valence-electron chi connectivity index (χ1n) is 5.80. The van der Waals surface area contributed by atoms with Gasteiger partial charge in [0.15, 0.2) is 0 Å². The van der Waals surface area contributed by atoms with E-state index in [1.54, 1.807) is 0 Å². The van der Waals surface area contributed by atoms with Crippen molar-refractivity contribution in [3.63, 3.8) is 0 Å². The Kier molecular flexibility index (Phi) is 6.98. The van der Waals surface area contributed by atoms with E-state index in [1.807, 2.05) is 0 Å². The molecule has 1 rings (SSSR count). The van der Waals surface area contributed by atoms with Gasteiger partial charge in [-0.3, -0.25) is 0 Å². The van der Waals surface area contributed by atoms with Crippen molar-refractivity contribution in [3.05, 3.63) is 34.9 Å². The lowest BCUT2D eigenvalue weighted by Gasteiger charge is -2.17. The molecular weight excluding hydrogens is 322 g/mol. The fraction of sp³-hybridized carbons (Fsp3) is 0.500. The fourth-order valence-corrected chi connectivity index (χ4v) is 1.70. The second-order valence-corrected chi connectivity index (χ2v) is 4.38. The van der Waals surface area contributed by atoms with Crippen molar-refractivity contribution in [2.45, 2.75) is 31.2 Å². The number of alkyl halides is 6. The first-order chi connectivity index (χ1) is 9.05. The Morgan fingerprint density at radius 1 is 0.905 bits per heavy atom. The first-order valence-corrected chi connectivity index (χ1v) is 5.80. The highest BCUT2D eigenvalue weighted by molar-refractivity contribution is 5.85. The Morgan fingerprint density at radius 2 is 1.33 bits per heavy atom. The summed E-state index contributed by atoms with van der Waals surface area (Å²) in [4.78, 5) is 0. The van der Waals surface area contributed by atoms with Gasteiger partial charge in [-0.15, -0.1) is 12.4 Å². The van der Waals surface area contributed by atoms with Gasteiger partial charge in [0.1, 0.15) is 0 Å². The summed E-state index contributed by atoms with van der Waals surface area (Å²) in [5, 5.41) is 0. The van der Waals surface area contributed by atoms with E-state index < -0.39 is 29.5 Å². The third-order valence-corrected chi connectivity index (χ3v) is 2.76. The molecule has 0 spiro atoms. The van der Waals surface area contributed by atoms with Crippen LogP contribution in [0.25, 0.3) is 0 Å². The lowest BCUT2D eigenvalue weighted by atomic mass is 9.97. The second kappa shape index (κ2) is 7.33.